The second-order valence-electron chi connectivity index (χ2n) is 6.71. The minimum absolute atomic E-state index is 0.381. The molecule has 0 saturated heterocycles. The summed E-state index contributed by atoms with van der Waals surface area (Å²) >= 11 is 0. The van der Waals surface area contributed by atoms with E-state index in [9.17, 15) is 5.26 Å². The van der Waals surface area contributed by atoms with Crippen LogP contribution >= 0.6 is 0 Å². The van der Waals surface area contributed by atoms with Crippen LogP contribution in [0.1, 0.15) is 18.1 Å². The molecular formula is C25H20N2O. The van der Waals surface area contributed by atoms with Crippen molar-refractivity contribution in [2.75, 3.05) is 6.61 Å². The lowest BCUT2D eigenvalue weighted by atomic mass is 9.97. The van der Waals surface area contributed by atoms with Gasteiger partial charge in [-0.25, -0.2) is 4.98 Å². The van der Waals surface area contributed by atoms with E-state index in [1.807, 2.05) is 56.3 Å². The molecular weight excluding hydrogens is 344 g/mol. The van der Waals surface area contributed by atoms with Crippen LogP contribution in [0.3, 0.4) is 0 Å². The molecule has 4 rings (SSSR count). The summed E-state index contributed by atoms with van der Waals surface area (Å²) in [6, 6.07) is 27.0. The molecule has 0 fully saturated rings. The summed E-state index contributed by atoms with van der Waals surface area (Å²) in [6.45, 7) is 4.40. The number of hydrogen-bond donors (Lipinski definition) is 0. The predicted octanol–water partition coefficient (Wildman–Crippen LogP) is 6.15. The summed E-state index contributed by atoms with van der Waals surface area (Å²) < 4.78 is 5.73. The number of benzene rings is 3. The molecule has 0 radical (unpaired) electrons. The van der Waals surface area contributed by atoms with E-state index in [4.69, 9.17) is 4.74 Å². The molecule has 0 N–H and O–H groups in total. The maximum atomic E-state index is 9.77. The molecule has 1 aromatic heterocycles. The Bertz CT molecular complexity index is 1190. The van der Waals surface area contributed by atoms with E-state index in [0.717, 1.165) is 27.8 Å². The van der Waals surface area contributed by atoms with E-state index in [1.165, 1.54) is 10.9 Å². The maximum Gasteiger partial charge on any atom is 0.232 e. The van der Waals surface area contributed by atoms with E-state index in [1.54, 1.807) is 0 Å². The Balaban J connectivity index is 1.94. The fraction of sp³-hybridized carbons (Fsp3) is 0.120. The van der Waals surface area contributed by atoms with Gasteiger partial charge in [0.15, 0.2) is 0 Å². The summed E-state index contributed by atoms with van der Waals surface area (Å²) in [4.78, 5) is 4.67. The second kappa shape index (κ2) is 7.54. The van der Waals surface area contributed by atoms with Crippen LogP contribution in [-0.2, 0) is 0 Å². The van der Waals surface area contributed by atoms with Gasteiger partial charge < -0.3 is 4.74 Å². The summed E-state index contributed by atoms with van der Waals surface area (Å²) in [5, 5.41) is 12.1. The number of ether oxygens (including phenoxy) is 1. The Morgan fingerprint density at radius 2 is 1.61 bits per heavy atom. The van der Waals surface area contributed by atoms with Gasteiger partial charge in [0.1, 0.15) is 11.6 Å². The number of aryl methyl sites for hydroxylation is 1. The smallest absolute Gasteiger partial charge is 0.232 e. The highest BCUT2D eigenvalue weighted by atomic mass is 16.5. The monoisotopic (exact) mass is 364 g/mol. The molecule has 0 aliphatic carbocycles. The van der Waals surface area contributed by atoms with Gasteiger partial charge in [0.05, 0.1) is 12.3 Å². The zero-order chi connectivity index (χ0) is 19.5. The average molecular weight is 364 g/mol. The van der Waals surface area contributed by atoms with Crippen LogP contribution < -0.4 is 4.74 Å². The number of nitriles is 1. The van der Waals surface area contributed by atoms with E-state index in [-0.39, 0.29) is 0 Å². The Hall–Kier alpha value is -3.64. The van der Waals surface area contributed by atoms with Gasteiger partial charge in [-0.3, -0.25) is 0 Å². The first-order valence-corrected chi connectivity index (χ1v) is 9.33. The van der Waals surface area contributed by atoms with Crippen molar-refractivity contribution < 1.29 is 4.74 Å². The molecule has 4 aromatic rings. The van der Waals surface area contributed by atoms with E-state index in [2.05, 4.69) is 41.4 Å². The molecule has 136 valence electrons. The van der Waals surface area contributed by atoms with Crippen molar-refractivity contribution >= 4 is 10.8 Å². The van der Waals surface area contributed by atoms with Crippen molar-refractivity contribution in [3.8, 4) is 34.3 Å². The third kappa shape index (κ3) is 3.33. The molecule has 0 spiro atoms. The van der Waals surface area contributed by atoms with Crippen LogP contribution in [0.5, 0.6) is 5.88 Å². The van der Waals surface area contributed by atoms with Crippen LogP contribution in [0.4, 0.5) is 0 Å². The van der Waals surface area contributed by atoms with Crippen LogP contribution in [0.2, 0.25) is 0 Å². The van der Waals surface area contributed by atoms with Gasteiger partial charge in [-0.2, -0.15) is 5.26 Å². The van der Waals surface area contributed by atoms with Crippen LogP contribution in [-0.4, -0.2) is 11.6 Å². The molecule has 1 heterocycles. The molecule has 0 unspecified atom stereocenters. The summed E-state index contributed by atoms with van der Waals surface area (Å²) in [6.07, 6.45) is 0. The van der Waals surface area contributed by atoms with Crippen LogP contribution in [0, 0.1) is 18.3 Å². The summed E-state index contributed by atoms with van der Waals surface area (Å²) in [5.74, 6) is 0.381. The van der Waals surface area contributed by atoms with Crippen LogP contribution in [0.25, 0.3) is 33.2 Å². The van der Waals surface area contributed by atoms with Gasteiger partial charge in [-0.05, 0) is 42.3 Å². The number of rotatable bonds is 4. The zero-order valence-corrected chi connectivity index (χ0v) is 15.9. The highest BCUT2D eigenvalue weighted by Gasteiger charge is 2.16. The van der Waals surface area contributed by atoms with E-state index >= 15 is 0 Å². The summed E-state index contributed by atoms with van der Waals surface area (Å²) in [7, 11) is 0. The lowest BCUT2D eigenvalue weighted by molar-refractivity contribution is 0.326. The highest BCUT2D eigenvalue weighted by molar-refractivity contribution is 5.88. The maximum absolute atomic E-state index is 9.77. The van der Waals surface area contributed by atoms with Gasteiger partial charge in [-0.15, -0.1) is 0 Å². The van der Waals surface area contributed by atoms with Gasteiger partial charge in [0.25, 0.3) is 0 Å². The fourth-order valence-corrected chi connectivity index (χ4v) is 3.33. The third-order valence-corrected chi connectivity index (χ3v) is 4.79. The average Bonchev–Trinajstić information content (AvgIpc) is 2.73. The number of pyridine rings is 1. The Morgan fingerprint density at radius 3 is 2.32 bits per heavy atom. The quantitative estimate of drug-likeness (QED) is 0.436. The number of fused-ring (bicyclic) bond motifs is 1. The molecule has 0 aliphatic rings. The molecule has 0 bridgehead atoms. The number of nitrogens with zero attached hydrogens (tertiary/aromatic N) is 2. The van der Waals surface area contributed by atoms with Crippen molar-refractivity contribution in [2.24, 2.45) is 0 Å². The molecule has 3 nitrogen and oxygen atoms in total. The fourth-order valence-electron chi connectivity index (χ4n) is 3.33. The van der Waals surface area contributed by atoms with Crippen molar-refractivity contribution in [3.63, 3.8) is 0 Å². The van der Waals surface area contributed by atoms with Gasteiger partial charge in [0.2, 0.25) is 5.88 Å². The standard InChI is InChI=1S/C25H20N2O/c1-3-28-25-23(16-26)22(19-10-8-17(2)9-11-19)15-24(27-25)21-13-12-18-6-4-5-7-20(18)14-21/h4-15H,3H2,1-2H3. The first-order valence-electron chi connectivity index (χ1n) is 9.33. The molecule has 0 atom stereocenters. The third-order valence-electron chi connectivity index (χ3n) is 4.79. The zero-order valence-electron chi connectivity index (χ0n) is 15.9. The van der Waals surface area contributed by atoms with E-state index < -0.39 is 0 Å². The molecule has 0 amide bonds. The minimum Gasteiger partial charge on any atom is -0.477 e. The normalized spacial score (nSPS) is 10.6. The predicted molar refractivity (Wildman–Crippen MR) is 113 cm³/mol. The number of hydrogen-bond acceptors (Lipinski definition) is 3. The Labute approximate surface area is 164 Å². The largest absolute Gasteiger partial charge is 0.477 e. The minimum atomic E-state index is 0.381. The van der Waals surface area contributed by atoms with Crippen molar-refractivity contribution in [1.82, 2.24) is 4.98 Å². The Kier molecular flexibility index (Phi) is 4.78. The molecule has 3 aromatic carbocycles. The Morgan fingerprint density at radius 1 is 0.893 bits per heavy atom. The van der Waals surface area contributed by atoms with Gasteiger partial charge in [-0.1, -0.05) is 66.2 Å². The first-order chi connectivity index (χ1) is 13.7. The summed E-state index contributed by atoms with van der Waals surface area (Å²) in [5.41, 5.74) is 5.25. The molecule has 3 heteroatoms. The topological polar surface area (TPSA) is 45.9 Å². The lowest BCUT2D eigenvalue weighted by Gasteiger charge is -2.13. The van der Waals surface area contributed by atoms with Crippen molar-refractivity contribution in [3.05, 3.63) is 83.9 Å². The second-order valence-corrected chi connectivity index (χ2v) is 6.71. The van der Waals surface area contributed by atoms with Gasteiger partial charge >= 0.3 is 0 Å². The highest BCUT2D eigenvalue weighted by Crippen LogP contribution is 2.34. The first kappa shape index (κ1) is 17.8. The van der Waals surface area contributed by atoms with Crippen LogP contribution in [0.15, 0.2) is 72.8 Å². The van der Waals surface area contributed by atoms with Crippen molar-refractivity contribution in [2.45, 2.75) is 13.8 Å². The van der Waals surface area contributed by atoms with Gasteiger partial charge in [0, 0.05) is 11.1 Å². The number of aromatic nitrogens is 1. The van der Waals surface area contributed by atoms with E-state index in [0.29, 0.717) is 18.1 Å². The molecule has 0 aliphatic heterocycles. The van der Waals surface area contributed by atoms with Crippen molar-refractivity contribution in [1.29, 1.82) is 5.26 Å². The SMILES string of the molecule is CCOc1nc(-c2ccc3ccccc3c2)cc(-c2ccc(C)cc2)c1C#N. The molecule has 0 saturated carbocycles. The molecule has 28 heavy (non-hydrogen) atoms. The lowest BCUT2D eigenvalue weighted by Crippen LogP contribution is -2.01.